The summed E-state index contributed by atoms with van der Waals surface area (Å²) in [5.74, 6) is -7.77. The second-order valence-corrected chi connectivity index (χ2v) is 16.3. The van der Waals surface area contributed by atoms with E-state index in [1.165, 1.54) is 48.5 Å². The molecule has 2 aromatic rings. The number of hydrogen-bond acceptors (Lipinski definition) is 9. The zero-order valence-electron chi connectivity index (χ0n) is 35.3. The predicted octanol–water partition coefficient (Wildman–Crippen LogP) is 5.46. The molecular weight excluding hydrogens is 762 g/mol. The number of carbonyl (C=O) groups is 9. The van der Waals surface area contributed by atoms with Gasteiger partial charge in [0.1, 0.15) is 30.0 Å². The molecule has 0 aliphatic rings. The Labute approximate surface area is 345 Å². The molecule has 16 nitrogen and oxygen atoms in total. The van der Waals surface area contributed by atoms with Crippen molar-refractivity contribution in [1.29, 1.82) is 0 Å². The summed E-state index contributed by atoms with van der Waals surface area (Å²) in [4.78, 5) is 123. The molecule has 8 amide bonds. The Morgan fingerprint density at radius 2 is 0.814 bits per heavy atom. The van der Waals surface area contributed by atoms with E-state index in [-0.39, 0.29) is 60.5 Å². The first kappa shape index (κ1) is 49.2. The van der Waals surface area contributed by atoms with Crippen LogP contribution in [0.1, 0.15) is 109 Å². The van der Waals surface area contributed by atoms with Crippen LogP contribution < -0.4 is 10.6 Å². The summed E-state index contributed by atoms with van der Waals surface area (Å²) < 4.78 is 0. The summed E-state index contributed by atoms with van der Waals surface area (Å²) in [6, 6.07) is 8.82. The van der Waals surface area contributed by atoms with Crippen molar-refractivity contribution >= 4 is 53.4 Å². The van der Waals surface area contributed by atoms with Crippen LogP contribution >= 0.6 is 0 Å². The van der Waals surface area contributed by atoms with Crippen molar-refractivity contribution in [1.82, 2.24) is 25.3 Å². The fourth-order valence-electron chi connectivity index (χ4n) is 6.50. The monoisotopic (exact) mass is 821 g/mol. The topological polar surface area (TPSA) is 228 Å². The second-order valence-electron chi connectivity index (χ2n) is 16.3. The van der Waals surface area contributed by atoms with Gasteiger partial charge in [-0.15, -0.1) is 0 Å². The van der Waals surface area contributed by atoms with Crippen LogP contribution in [-0.2, 0) is 24.0 Å². The summed E-state index contributed by atoms with van der Waals surface area (Å²) in [5.41, 5.74) is 0.0172. The Bertz CT molecular complexity index is 1690. The molecule has 0 fully saturated rings. The highest BCUT2D eigenvalue weighted by Gasteiger charge is 2.42. The zero-order chi connectivity index (χ0) is 44.7. The Hall–Kier alpha value is -5.93. The molecular formula is C43H59N5O11. The second kappa shape index (κ2) is 22.9. The van der Waals surface area contributed by atoms with Crippen molar-refractivity contribution in [2.24, 2.45) is 23.7 Å². The number of amides is 8. The van der Waals surface area contributed by atoms with Crippen LogP contribution in [0.5, 0.6) is 0 Å². The normalized spacial score (nSPS) is 13.2. The molecule has 0 spiro atoms. The van der Waals surface area contributed by atoms with Crippen LogP contribution in [0.4, 0.5) is 9.59 Å². The molecule has 59 heavy (non-hydrogen) atoms. The molecule has 322 valence electrons. The first-order valence-electron chi connectivity index (χ1n) is 19.8. The van der Waals surface area contributed by atoms with Crippen molar-refractivity contribution in [3.8, 4) is 0 Å². The van der Waals surface area contributed by atoms with Gasteiger partial charge in [0.05, 0.1) is 6.54 Å². The highest BCUT2D eigenvalue weighted by atomic mass is 16.4. The third-order valence-corrected chi connectivity index (χ3v) is 9.07. The predicted molar refractivity (Wildman–Crippen MR) is 218 cm³/mol. The number of nitrogens with zero attached hydrogens (tertiary/aromatic N) is 3. The van der Waals surface area contributed by atoms with E-state index in [0.29, 0.717) is 14.7 Å². The Balaban J connectivity index is 2.61. The third-order valence-electron chi connectivity index (χ3n) is 9.07. The van der Waals surface area contributed by atoms with Crippen molar-refractivity contribution in [3.63, 3.8) is 0 Å². The molecule has 16 heteroatoms. The van der Waals surface area contributed by atoms with Gasteiger partial charge in [0.15, 0.2) is 0 Å². The lowest BCUT2D eigenvalue weighted by atomic mass is 9.97. The molecule has 0 unspecified atom stereocenters. The number of Topliss-reactive ketones (excluding diaryl/α,β-unsaturated/α-hetero) is 1. The lowest BCUT2D eigenvalue weighted by Gasteiger charge is -2.34. The SMILES string of the molecule is CC(=O)CN(C(=O)[C@H](CC(C)C)NC(=O)[C@H](CC(C)C)N(C(=O)O)C(=O)c1ccccc1)C(=O)[C@H](CC(C)C)NC(=O)[C@H](CC(C)C)N(C(=O)O)C(=O)c1ccccc1. The molecule has 4 atom stereocenters. The van der Waals surface area contributed by atoms with Crippen molar-refractivity contribution < 1.29 is 53.4 Å². The van der Waals surface area contributed by atoms with Gasteiger partial charge in [-0.25, -0.2) is 19.4 Å². The molecule has 0 aliphatic heterocycles. The highest BCUT2D eigenvalue weighted by Crippen LogP contribution is 2.21. The van der Waals surface area contributed by atoms with Crippen molar-refractivity contribution in [2.75, 3.05) is 6.54 Å². The van der Waals surface area contributed by atoms with E-state index >= 15 is 0 Å². The average Bonchev–Trinajstić information content (AvgIpc) is 3.14. The summed E-state index contributed by atoms with van der Waals surface area (Å²) in [7, 11) is 0. The van der Waals surface area contributed by atoms with Crippen molar-refractivity contribution in [3.05, 3.63) is 71.8 Å². The molecule has 0 radical (unpaired) electrons. The van der Waals surface area contributed by atoms with Gasteiger partial charge < -0.3 is 20.8 Å². The van der Waals surface area contributed by atoms with Crippen LogP contribution in [0, 0.1) is 23.7 Å². The van der Waals surface area contributed by atoms with Gasteiger partial charge in [0.2, 0.25) is 11.8 Å². The Morgan fingerprint density at radius 1 is 0.508 bits per heavy atom. The van der Waals surface area contributed by atoms with Gasteiger partial charge in [-0.05, 0) is 80.5 Å². The minimum absolute atomic E-state index is 0.00859. The molecule has 0 aromatic heterocycles. The lowest BCUT2D eigenvalue weighted by molar-refractivity contribution is -0.152. The summed E-state index contributed by atoms with van der Waals surface area (Å²) in [5, 5.41) is 25.6. The quantitative estimate of drug-likeness (QED) is 0.131. The van der Waals surface area contributed by atoms with Crippen LogP contribution in [-0.4, -0.2) is 109 Å². The number of carbonyl (C=O) groups excluding carboxylic acids is 7. The van der Waals surface area contributed by atoms with E-state index in [0.717, 1.165) is 6.92 Å². The zero-order valence-corrected chi connectivity index (χ0v) is 35.3. The fraction of sp³-hybridized carbons (Fsp3) is 0.512. The first-order chi connectivity index (χ1) is 27.6. The minimum atomic E-state index is -1.70. The molecule has 0 aliphatic carbocycles. The number of nitrogens with one attached hydrogen (secondary N) is 2. The molecule has 2 rings (SSSR count). The average molecular weight is 822 g/mol. The van der Waals surface area contributed by atoms with Gasteiger partial charge in [-0.2, -0.15) is 0 Å². The summed E-state index contributed by atoms with van der Waals surface area (Å²) in [6.45, 7) is 14.2. The van der Waals surface area contributed by atoms with Crippen LogP contribution in [0.3, 0.4) is 0 Å². The van der Waals surface area contributed by atoms with E-state index in [2.05, 4.69) is 10.6 Å². The highest BCUT2D eigenvalue weighted by molar-refractivity contribution is 6.09. The van der Waals surface area contributed by atoms with Gasteiger partial charge >= 0.3 is 12.2 Å². The van der Waals surface area contributed by atoms with E-state index in [1.807, 2.05) is 0 Å². The lowest BCUT2D eigenvalue weighted by Crippen LogP contribution is -2.61. The molecule has 0 saturated heterocycles. The molecule has 0 heterocycles. The molecule has 0 saturated carbocycles. The Morgan fingerprint density at radius 3 is 1.07 bits per heavy atom. The Kier molecular flexibility index (Phi) is 19.1. The van der Waals surface area contributed by atoms with E-state index < -0.39 is 84.1 Å². The smallest absolute Gasteiger partial charge is 0.415 e. The maximum Gasteiger partial charge on any atom is 0.415 e. The maximum absolute atomic E-state index is 14.5. The minimum Gasteiger partial charge on any atom is -0.465 e. The van der Waals surface area contributed by atoms with Gasteiger partial charge in [0, 0.05) is 11.1 Å². The molecule has 0 bridgehead atoms. The van der Waals surface area contributed by atoms with E-state index in [9.17, 15) is 53.4 Å². The standard InChI is InChI=1S/C43H59N5O11/c1-25(2)20-32(44-36(50)34(22-27(5)6)47(42(56)57)38(52)30-16-12-10-13-17-30)40(54)46(24-29(9)49)41(55)33(21-26(3)4)45-37(51)35(23-28(7)8)48(43(58)59)39(53)31-18-14-11-15-19-31/h10-19,25-28,32-35H,20-24H2,1-9H3,(H,44,50)(H,45,51)(H,56,57)(H,58,59)/t32-,33-,34-,35-/m0/s1. The van der Waals surface area contributed by atoms with Crippen molar-refractivity contribution in [2.45, 2.75) is 112 Å². The van der Waals surface area contributed by atoms with Gasteiger partial charge in [-0.3, -0.25) is 38.5 Å². The van der Waals surface area contributed by atoms with Gasteiger partial charge in [0.25, 0.3) is 23.6 Å². The summed E-state index contributed by atoms with van der Waals surface area (Å²) in [6.07, 6.45) is -3.78. The van der Waals surface area contributed by atoms with E-state index in [4.69, 9.17) is 0 Å². The number of carboxylic acid groups (broad SMARTS) is 2. The molecule has 2 aromatic carbocycles. The van der Waals surface area contributed by atoms with Gasteiger partial charge in [-0.1, -0.05) is 91.8 Å². The summed E-state index contributed by atoms with van der Waals surface area (Å²) >= 11 is 0. The third kappa shape index (κ3) is 14.8. The number of rotatable bonds is 20. The number of benzene rings is 2. The number of hydrogen-bond donors (Lipinski definition) is 4. The largest absolute Gasteiger partial charge is 0.465 e. The number of imide groups is 3. The fourth-order valence-corrected chi connectivity index (χ4v) is 6.50. The molecule has 4 N–H and O–H groups in total. The van der Waals surface area contributed by atoms with Crippen LogP contribution in [0.25, 0.3) is 0 Å². The van der Waals surface area contributed by atoms with Crippen LogP contribution in [0.15, 0.2) is 60.7 Å². The van der Waals surface area contributed by atoms with E-state index in [1.54, 1.807) is 67.5 Å². The maximum atomic E-state index is 14.5. The van der Waals surface area contributed by atoms with Crippen LogP contribution in [0.2, 0.25) is 0 Å². The first-order valence-corrected chi connectivity index (χ1v) is 19.8. The number of ketones is 1.